The summed E-state index contributed by atoms with van der Waals surface area (Å²) in [4.78, 5) is 30.0. The summed E-state index contributed by atoms with van der Waals surface area (Å²) in [5, 5.41) is 2.75. The van der Waals surface area contributed by atoms with Crippen molar-refractivity contribution in [1.29, 1.82) is 0 Å². The second-order valence-corrected chi connectivity index (χ2v) is 11.4. The summed E-state index contributed by atoms with van der Waals surface area (Å²) in [7, 11) is 3.29. The molecule has 2 unspecified atom stereocenters. The van der Waals surface area contributed by atoms with Crippen LogP contribution in [0.3, 0.4) is 0 Å². The maximum absolute atomic E-state index is 13.1. The SMILES string of the molecule is COc1ccc(C(OCC2CCC(n3cc(C)c(NC(=O)c4ccccc4)nc3=O)O2)(c2ccccc2)c2ccc(OC)cc2)cc1. The third-order valence-corrected chi connectivity index (χ3v) is 8.46. The lowest BCUT2D eigenvalue weighted by atomic mass is 9.80. The van der Waals surface area contributed by atoms with Crippen molar-refractivity contribution in [1.82, 2.24) is 9.55 Å². The van der Waals surface area contributed by atoms with Gasteiger partial charge in [-0.05, 0) is 72.9 Å². The molecule has 1 fully saturated rings. The number of anilines is 1. The van der Waals surface area contributed by atoms with Crippen LogP contribution in [-0.2, 0) is 15.1 Å². The topological polar surface area (TPSA) is 101 Å². The Labute approximate surface area is 273 Å². The van der Waals surface area contributed by atoms with Crippen molar-refractivity contribution in [3.05, 3.63) is 154 Å². The molecule has 1 N–H and O–H groups in total. The van der Waals surface area contributed by atoms with E-state index in [0.29, 0.717) is 24.0 Å². The number of hydrogen-bond acceptors (Lipinski definition) is 7. The van der Waals surface area contributed by atoms with E-state index in [1.807, 2.05) is 72.8 Å². The summed E-state index contributed by atoms with van der Waals surface area (Å²) in [6.45, 7) is 2.06. The van der Waals surface area contributed by atoms with Crippen LogP contribution in [0.4, 0.5) is 5.82 Å². The average molecular weight is 632 g/mol. The molecule has 0 spiro atoms. The molecule has 1 aromatic heterocycles. The van der Waals surface area contributed by atoms with Gasteiger partial charge >= 0.3 is 5.69 Å². The third-order valence-electron chi connectivity index (χ3n) is 8.46. The van der Waals surface area contributed by atoms with E-state index < -0.39 is 17.5 Å². The maximum Gasteiger partial charge on any atom is 0.351 e. The average Bonchev–Trinajstić information content (AvgIpc) is 3.60. The Morgan fingerprint density at radius 2 is 1.38 bits per heavy atom. The highest BCUT2D eigenvalue weighted by Crippen LogP contribution is 2.42. The first-order valence-corrected chi connectivity index (χ1v) is 15.5. The van der Waals surface area contributed by atoms with Gasteiger partial charge in [-0.25, -0.2) is 4.79 Å². The lowest BCUT2D eigenvalue weighted by Gasteiger charge is -2.37. The van der Waals surface area contributed by atoms with Crippen LogP contribution in [0.15, 0.2) is 120 Å². The minimum Gasteiger partial charge on any atom is -0.497 e. The van der Waals surface area contributed by atoms with Gasteiger partial charge in [0.2, 0.25) is 0 Å². The number of methoxy groups -OCH3 is 2. The van der Waals surface area contributed by atoms with Crippen LogP contribution >= 0.6 is 0 Å². The standard InChI is InChI=1S/C38H37N3O6/c1-26-24-41(37(43)40-35(26)39-36(42)27-10-6-4-7-11-27)34-23-22-33(47-34)25-46-38(28-12-8-5-9-13-28,29-14-18-31(44-2)19-15-29)30-16-20-32(45-3)21-17-30/h4-21,24,33-34H,22-23,25H2,1-3H3,(H,39,40,42,43). The minimum atomic E-state index is -0.977. The zero-order chi connectivity index (χ0) is 32.8. The molecule has 6 rings (SSSR count). The van der Waals surface area contributed by atoms with Gasteiger partial charge in [0.1, 0.15) is 29.1 Å². The van der Waals surface area contributed by atoms with Crippen molar-refractivity contribution in [2.45, 2.75) is 37.7 Å². The summed E-state index contributed by atoms with van der Waals surface area (Å²) < 4.78 is 25.8. The van der Waals surface area contributed by atoms with Crippen molar-refractivity contribution < 1.29 is 23.7 Å². The molecule has 9 nitrogen and oxygen atoms in total. The van der Waals surface area contributed by atoms with Crippen LogP contribution in [0.5, 0.6) is 11.5 Å². The van der Waals surface area contributed by atoms with E-state index in [9.17, 15) is 9.59 Å². The van der Waals surface area contributed by atoms with E-state index in [-0.39, 0.29) is 24.4 Å². The van der Waals surface area contributed by atoms with Crippen LogP contribution in [-0.4, -0.2) is 42.4 Å². The summed E-state index contributed by atoms with van der Waals surface area (Å²) in [6, 6.07) is 34.6. The summed E-state index contributed by atoms with van der Waals surface area (Å²) in [5.74, 6) is 1.38. The zero-order valence-electron chi connectivity index (χ0n) is 26.6. The van der Waals surface area contributed by atoms with Gasteiger partial charge in [0, 0.05) is 17.3 Å². The first kappa shape index (κ1) is 31.7. The summed E-state index contributed by atoms with van der Waals surface area (Å²) >= 11 is 0. The number of carbonyl (C=O) groups is 1. The number of rotatable bonds is 11. The number of ether oxygens (including phenoxy) is 4. The molecule has 9 heteroatoms. The maximum atomic E-state index is 13.1. The smallest absolute Gasteiger partial charge is 0.351 e. The molecule has 0 bridgehead atoms. The molecule has 1 aliphatic heterocycles. The van der Waals surface area contributed by atoms with Gasteiger partial charge in [0.15, 0.2) is 0 Å². The number of aromatic nitrogens is 2. The van der Waals surface area contributed by atoms with E-state index in [1.165, 1.54) is 4.57 Å². The van der Waals surface area contributed by atoms with E-state index in [1.54, 1.807) is 51.6 Å². The number of carbonyl (C=O) groups excluding carboxylic acids is 1. The quantitative estimate of drug-likeness (QED) is 0.166. The van der Waals surface area contributed by atoms with E-state index in [4.69, 9.17) is 18.9 Å². The molecular weight excluding hydrogens is 594 g/mol. The molecule has 0 saturated carbocycles. The van der Waals surface area contributed by atoms with Crippen LogP contribution < -0.4 is 20.5 Å². The first-order chi connectivity index (χ1) is 22.9. The summed E-state index contributed by atoms with van der Waals surface area (Å²) in [6.07, 6.45) is 2.17. The van der Waals surface area contributed by atoms with Crippen molar-refractivity contribution in [3.8, 4) is 11.5 Å². The number of aryl methyl sites for hydroxylation is 1. The lowest BCUT2D eigenvalue weighted by molar-refractivity contribution is -0.0773. The molecule has 1 amide bonds. The van der Waals surface area contributed by atoms with Crippen LogP contribution in [0.25, 0.3) is 0 Å². The highest BCUT2D eigenvalue weighted by Gasteiger charge is 2.40. The van der Waals surface area contributed by atoms with Crippen molar-refractivity contribution in [3.63, 3.8) is 0 Å². The second kappa shape index (κ2) is 14.0. The number of hydrogen-bond donors (Lipinski definition) is 1. The Morgan fingerprint density at radius 3 is 1.96 bits per heavy atom. The minimum absolute atomic E-state index is 0.226. The van der Waals surface area contributed by atoms with Gasteiger partial charge in [-0.3, -0.25) is 9.36 Å². The Morgan fingerprint density at radius 1 is 0.830 bits per heavy atom. The van der Waals surface area contributed by atoms with Crippen molar-refractivity contribution in [2.24, 2.45) is 0 Å². The molecule has 5 aromatic rings. The molecule has 1 saturated heterocycles. The molecule has 1 aliphatic rings. The Hall–Kier alpha value is -5.25. The Balaban J connectivity index is 1.26. The van der Waals surface area contributed by atoms with E-state index in [2.05, 4.69) is 22.4 Å². The fourth-order valence-electron chi connectivity index (χ4n) is 5.97. The molecule has 2 heterocycles. The van der Waals surface area contributed by atoms with Crippen molar-refractivity contribution >= 4 is 11.7 Å². The lowest BCUT2D eigenvalue weighted by Crippen LogP contribution is -2.36. The fourth-order valence-corrected chi connectivity index (χ4v) is 5.97. The highest BCUT2D eigenvalue weighted by atomic mass is 16.6. The zero-order valence-corrected chi connectivity index (χ0v) is 26.6. The summed E-state index contributed by atoms with van der Waals surface area (Å²) in [5.41, 5.74) is 2.46. The molecule has 0 aliphatic carbocycles. The van der Waals surface area contributed by atoms with Gasteiger partial charge in [-0.15, -0.1) is 0 Å². The molecule has 240 valence electrons. The first-order valence-electron chi connectivity index (χ1n) is 15.5. The van der Waals surface area contributed by atoms with Crippen LogP contribution in [0, 0.1) is 6.92 Å². The number of nitrogens with zero attached hydrogens (tertiary/aromatic N) is 2. The van der Waals surface area contributed by atoms with Gasteiger partial charge in [-0.1, -0.05) is 72.8 Å². The molecule has 47 heavy (non-hydrogen) atoms. The molecule has 0 radical (unpaired) electrons. The number of amides is 1. The molecular formula is C38H37N3O6. The third kappa shape index (κ3) is 6.67. The Bertz CT molecular complexity index is 1810. The fraction of sp³-hybridized carbons (Fsp3) is 0.237. The molecule has 2 atom stereocenters. The van der Waals surface area contributed by atoms with Crippen LogP contribution in [0.2, 0.25) is 0 Å². The second-order valence-electron chi connectivity index (χ2n) is 11.4. The number of nitrogens with one attached hydrogen (secondary N) is 1. The van der Waals surface area contributed by atoms with Crippen molar-refractivity contribution in [2.75, 3.05) is 26.1 Å². The van der Waals surface area contributed by atoms with Crippen LogP contribution in [0.1, 0.15) is 51.7 Å². The van der Waals surface area contributed by atoms with Gasteiger partial charge < -0.3 is 24.3 Å². The monoisotopic (exact) mass is 631 g/mol. The van der Waals surface area contributed by atoms with Gasteiger partial charge in [0.25, 0.3) is 5.91 Å². The molecule has 4 aromatic carbocycles. The van der Waals surface area contributed by atoms with Gasteiger partial charge in [0.05, 0.1) is 26.9 Å². The van der Waals surface area contributed by atoms with Gasteiger partial charge in [-0.2, -0.15) is 4.98 Å². The highest BCUT2D eigenvalue weighted by molar-refractivity contribution is 6.04. The Kier molecular flexibility index (Phi) is 9.47. The van der Waals surface area contributed by atoms with E-state index in [0.717, 1.165) is 28.2 Å². The van der Waals surface area contributed by atoms with E-state index >= 15 is 0 Å². The number of benzene rings is 4. The predicted molar refractivity (Wildman–Crippen MR) is 179 cm³/mol. The largest absolute Gasteiger partial charge is 0.497 e. The predicted octanol–water partition coefficient (Wildman–Crippen LogP) is 6.51. The normalized spacial score (nSPS) is 16.1.